The third-order valence-corrected chi connectivity index (χ3v) is 9.29. The Labute approximate surface area is 178 Å². The summed E-state index contributed by atoms with van der Waals surface area (Å²) in [7, 11) is -1.80. The molecule has 4 rings (SSSR count). The van der Waals surface area contributed by atoms with Crippen molar-refractivity contribution in [3.63, 3.8) is 0 Å². The fourth-order valence-electron chi connectivity index (χ4n) is 4.74. The third kappa shape index (κ3) is 3.94. The van der Waals surface area contributed by atoms with Crippen LogP contribution in [0.2, 0.25) is 0 Å². The van der Waals surface area contributed by atoms with Crippen LogP contribution in [0.25, 0.3) is 0 Å². The third-order valence-electron chi connectivity index (χ3n) is 6.29. The summed E-state index contributed by atoms with van der Waals surface area (Å²) in [4.78, 5) is 0.406. The lowest BCUT2D eigenvalue weighted by Crippen LogP contribution is -2.52. The summed E-state index contributed by atoms with van der Waals surface area (Å²) in [6.45, 7) is 4.73. The molecule has 29 heavy (non-hydrogen) atoms. The van der Waals surface area contributed by atoms with Gasteiger partial charge in [0, 0.05) is 12.6 Å². The Kier molecular flexibility index (Phi) is 5.96. The number of ether oxygens (including phenoxy) is 1. The van der Waals surface area contributed by atoms with Crippen LogP contribution in [0.5, 0.6) is 5.75 Å². The summed E-state index contributed by atoms with van der Waals surface area (Å²) in [6, 6.07) is 13.6. The monoisotopic (exact) mass is 431 g/mol. The second kappa shape index (κ2) is 8.32. The van der Waals surface area contributed by atoms with Crippen LogP contribution in [-0.2, 0) is 16.4 Å². The van der Waals surface area contributed by atoms with E-state index in [2.05, 4.69) is 19.1 Å². The van der Waals surface area contributed by atoms with Gasteiger partial charge >= 0.3 is 0 Å². The van der Waals surface area contributed by atoms with Gasteiger partial charge in [-0.3, -0.25) is 0 Å². The minimum Gasteiger partial charge on any atom is -0.497 e. The molecule has 1 aliphatic heterocycles. The molecule has 3 atom stereocenters. The first kappa shape index (κ1) is 20.8. The zero-order valence-electron chi connectivity index (χ0n) is 17.3. The van der Waals surface area contributed by atoms with Crippen LogP contribution >= 0.6 is 11.8 Å². The predicted molar refractivity (Wildman–Crippen MR) is 119 cm³/mol. The molecule has 0 aromatic heterocycles. The number of sulfonamides is 1. The highest BCUT2D eigenvalue weighted by atomic mass is 32.2. The van der Waals surface area contributed by atoms with Crippen molar-refractivity contribution >= 4 is 21.8 Å². The summed E-state index contributed by atoms with van der Waals surface area (Å²) in [5.41, 5.74) is 3.69. The number of aryl methyl sites for hydroxylation is 1. The average Bonchev–Trinajstić information content (AvgIpc) is 2.73. The SMILES string of the molecule is CCSC[C@@H]1CN(S(=O)(=O)c2ccc(C)cc2)[C@@H]2Cc3ccc(OC)cc3[C@H]1C2. The van der Waals surface area contributed by atoms with Crippen LogP contribution < -0.4 is 4.74 Å². The maximum absolute atomic E-state index is 13.5. The fraction of sp³-hybridized carbons (Fsp3) is 0.478. The Morgan fingerprint density at radius 2 is 1.93 bits per heavy atom. The first-order valence-electron chi connectivity index (χ1n) is 10.3. The molecule has 0 unspecified atom stereocenters. The summed E-state index contributed by atoms with van der Waals surface area (Å²) >= 11 is 1.90. The van der Waals surface area contributed by atoms with Gasteiger partial charge in [0.2, 0.25) is 10.0 Å². The lowest BCUT2D eigenvalue weighted by atomic mass is 9.71. The van der Waals surface area contributed by atoms with Gasteiger partial charge in [-0.1, -0.05) is 30.7 Å². The van der Waals surface area contributed by atoms with Crippen molar-refractivity contribution in [1.82, 2.24) is 4.31 Å². The maximum atomic E-state index is 13.5. The number of nitrogens with zero attached hydrogens (tertiary/aromatic N) is 1. The van der Waals surface area contributed by atoms with Gasteiger partial charge in [-0.15, -0.1) is 0 Å². The molecule has 0 saturated carbocycles. The van der Waals surface area contributed by atoms with Crippen molar-refractivity contribution in [3.05, 3.63) is 59.2 Å². The summed E-state index contributed by atoms with van der Waals surface area (Å²) in [6.07, 6.45) is 1.66. The van der Waals surface area contributed by atoms with Crippen LogP contribution in [0.4, 0.5) is 0 Å². The van der Waals surface area contributed by atoms with E-state index in [1.165, 1.54) is 11.1 Å². The van der Waals surface area contributed by atoms with Crippen LogP contribution in [0.3, 0.4) is 0 Å². The number of thioether (sulfide) groups is 1. The van der Waals surface area contributed by atoms with Crippen LogP contribution in [0, 0.1) is 12.8 Å². The molecular weight excluding hydrogens is 402 g/mol. The standard InChI is InChI=1S/C23H29NO3S2/c1-4-28-15-18-14-24(29(25,26)21-9-5-16(2)6-10-21)19-11-17-7-8-20(27-3)13-23(17)22(18)12-19/h5-10,13,18-19,22H,4,11-12,14-15H2,1-3H3/t18-,19+,22-/m0/s1. The maximum Gasteiger partial charge on any atom is 0.243 e. The molecule has 156 valence electrons. The first-order valence-corrected chi connectivity index (χ1v) is 12.9. The molecule has 4 nitrogen and oxygen atoms in total. The van der Waals surface area contributed by atoms with Gasteiger partial charge in [0.15, 0.2) is 0 Å². The smallest absolute Gasteiger partial charge is 0.243 e. The van der Waals surface area contributed by atoms with Crippen molar-refractivity contribution in [3.8, 4) is 5.75 Å². The highest BCUT2D eigenvalue weighted by molar-refractivity contribution is 7.99. The van der Waals surface area contributed by atoms with Gasteiger partial charge in [0.25, 0.3) is 0 Å². The van der Waals surface area contributed by atoms with Crippen LogP contribution in [0.15, 0.2) is 47.4 Å². The largest absolute Gasteiger partial charge is 0.497 e. The minimum atomic E-state index is -3.50. The number of fused-ring (bicyclic) bond motifs is 4. The Bertz CT molecular complexity index is 972. The zero-order chi connectivity index (χ0) is 20.6. The number of methoxy groups -OCH3 is 1. The van der Waals surface area contributed by atoms with Crippen LogP contribution in [0.1, 0.15) is 36.0 Å². The molecule has 0 amide bonds. The normalized spacial score (nSPS) is 24.2. The summed E-state index contributed by atoms with van der Waals surface area (Å²) in [5, 5.41) is 0. The number of rotatable bonds is 6. The van der Waals surface area contributed by atoms with E-state index >= 15 is 0 Å². The van der Waals surface area contributed by atoms with E-state index in [4.69, 9.17) is 4.74 Å². The van der Waals surface area contributed by atoms with Gasteiger partial charge in [0.1, 0.15) is 5.75 Å². The van der Waals surface area contributed by atoms with Gasteiger partial charge in [0.05, 0.1) is 12.0 Å². The Balaban J connectivity index is 1.72. The Morgan fingerprint density at radius 1 is 1.17 bits per heavy atom. The van der Waals surface area contributed by atoms with E-state index < -0.39 is 10.0 Å². The fourth-order valence-corrected chi connectivity index (χ4v) is 7.31. The molecule has 0 N–H and O–H groups in total. The molecule has 0 radical (unpaired) electrons. The average molecular weight is 432 g/mol. The molecule has 1 fully saturated rings. The second-order valence-corrected chi connectivity index (χ2v) is 11.3. The molecule has 1 heterocycles. The highest BCUT2D eigenvalue weighted by Gasteiger charge is 2.45. The number of hydrogen-bond acceptors (Lipinski definition) is 4. The number of benzene rings is 2. The molecule has 1 aliphatic carbocycles. The van der Waals surface area contributed by atoms with Gasteiger partial charge < -0.3 is 4.74 Å². The number of hydrogen-bond donors (Lipinski definition) is 0. The topological polar surface area (TPSA) is 46.6 Å². The molecule has 0 spiro atoms. The lowest BCUT2D eigenvalue weighted by molar-refractivity contribution is 0.168. The molecule has 6 heteroatoms. The van der Waals surface area contributed by atoms with Crippen molar-refractivity contribution in [2.75, 3.05) is 25.2 Å². The Hall–Kier alpha value is -1.50. The summed E-state index contributed by atoms with van der Waals surface area (Å²) < 4.78 is 34.3. The van der Waals surface area contributed by atoms with Crippen molar-refractivity contribution in [2.24, 2.45) is 5.92 Å². The number of piperidine rings is 1. The van der Waals surface area contributed by atoms with Gasteiger partial charge in [-0.25, -0.2) is 8.42 Å². The summed E-state index contributed by atoms with van der Waals surface area (Å²) in [5.74, 6) is 3.61. The van der Waals surface area contributed by atoms with E-state index in [1.54, 1.807) is 23.5 Å². The van der Waals surface area contributed by atoms with Crippen molar-refractivity contribution in [1.29, 1.82) is 0 Å². The molecule has 2 aliphatic rings. The molecule has 1 saturated heterocycles. The Morgan fingerprint density at radius 3 is 2.62 bits per heavy atom. The van der Waals surface area contributed by atoms with E-state index in [1.807, 2.05) is 36.9 Å². The van der Waals surface area contributed by atoms with Crippen molar-refractivity contribution < 1.29 is 13.2 Å². The molecule has 2 aromatic carbocycles. The van der Waals surface area contributed by atoms with E-state index in [9.17, 15) is 8.42 Å². The minimum absolute atomic E-state index is 0.0232. The first-order chi connectivity index (χ1) is 13.9. The predicted octanol–water partition coefficient (Wildman–Crippen LogP) is 4.48. The molecule has 2 aromatic rings. The molecular formula is C23H29NO3S2. The molecule has 2 bridgehead atoms. The quantitative estimate of drug-likeness (QED) is 0.677. The lowest BCUT2D eigenvalue weighted by Gasteiger charge is -2.47. The zero-order valence-corrected chi connectivity index (χ0v) is 18.9. The van der Waals surface area contributed by atoms with Gasteiger partial charge in [-0.05, 0) is 78.5 Å². The highest BCUT2D eigenvalue weighted by Crippen LogP contribution is 2.46. The van der Waals surface area contributed by atoms with E-state index in [0.29, 0.717) is 23.3 Å². The van der Waals surface area contributed by atoms with E-state index in [0.717, 1.165) is 35.7 Å². The van der Waals surface area contributed by atoms with Crippen LogP contribution in [-0.4, -0.2) is 43.9 Å². The van der Waals surface area contributed by atoms with E-state index in [-0.39, 0.29) is 6.04 Å². The van der Waals surface area contributed by atoms with Gasteiger partial charge in [-0.2, -0.15) is 16.1 Å². The van der Waals surface area contributed by atoms with Crippen molar-refractivity contribution in [2.45, 2.75) is 43.5 Å². The second-order valence-electron chi connectivity index (χ2n) is 8.07.